The van der Waals surface area contributed by atoms with Crippen molar-refractivity contribution in [2.24, 2.45) is 5.73 Å². The number of rotatable bonds is 6. The Bertz CT molecular complexity index is 199. The van der Waals surface area contributed by atoms with E-state index in [1.807, 2.05) is 0 Å². The van der Waals surface area contributed by atoms with Crippen molar-refractivity contribution in [1.82, 2.24) is 10.6 Å². The first kappa shape index (κ1) is 13.3. The van der Waals surface area contributed by atoms with Gasteiger partial charge in [-0.3, -0.25) is 0 Å². The van der Waals surface area contributed by atoms with Crippen molar-refractivity contribution >= 4 is 6.03 Å². The Labute approximate surface area is 97.1 Å². The second-order valence-corrected chi connectivity index (χ2v) is 4.33. The molecule has 0 aromatic rings. The Balaban J connectivity index is 2.23. The van der Waals surface area contributed by atoms with Gasteiger partial charge in [0.2, 0.25) is 0 Å². The maximum atomic E-state index is 11.6. The third-order valence-corrected chi connectivity index (χ3v) is 2.91. The molecule has 0 heterocycles. The highest BCUT2D eigenvalue weighted by Gasteiger charge is 2.18. The van der Waals surface area contributed by atoms with E-state index in [-0.39, 0.29) is 12.1 Å². The van der Waals surface area contributed by atoms with Gasteiger partial charge in [-0.1, -0.05) is 12.8 Å². The van der Waals surface area contributed by atoms with Crippen LogP contribution in [0.25, 0.3) is 0 Å². The molecule has 5 nitrogen and oxygen atoms in total. The van der Waals surface area contributed by atoms with Crippen LogP contribution in [-0.2, 0) is 4.74 Å². The average Bonchev–Trinajstić information content (AvgIpc) is 2.71. The zero-order valence-electron chi connectivity index (χ0n) is 10.00. The van der Waals surface area contributed by atoms with Gasteiger partial charge >= 0.3 is 6.03 Å². The van der Waals surface area contributed by atoms with Gasteiger partial charge in [-0.15, -0.1) is 0 Å². The van der Waals surface area contributed by atoms with Crippen LogP contribution < -0.4 is 16.4 Å². The number of urea groups is 1. The van der Waals surface area contributed by atoms with Crippen molar-refractivity contribution in [3.05, 3.63) is 0 Å². The average molecular weight is 229 g/mol. The lowest BCUT2D eigenvalue weighted by molar-refractivity contribution is 0.162. The molecule has 1 aliphatic carbocycles. The number of hydrogen-bond acceptors (Lipinski definition) is 3. The van der Waals surface area contributed by atoms with Gasteiger partial charge in [0.15, 0.2) is 0 Å². The predicted molar refractivity (Wildman–Crippen MR) is 63.3 cm³/mol. The van der Waals surface area contributed by atoms with E-state index in [1.54, 1.807) is 7.11 Å². The molecule has 1 saturated carbocycles. The molecule has 0 spiro atoms. The van der Waals surface area contributed by atoms with E-state index in [0.717, 1.165) is 19.3 Å². The van der Waals surface area contributed by atoms with Crippen molar-refractivity contribution in [3.63, 3.8) is 0 Å². The van der Waals surface area contributed by atoms with Crippen LogP contribution in [0.1, 0.15) is 32.1 Å². The van der Waals surface area contributed by atoms with Crippen LogP contribution in [0.4, 0.5) is 4.79 Å². The Morgan fingerprint density at radius 3 is 2.75 bits per heavy atom. The Kier molecular flexibility index (Phi) is 6.18. The maximum absolute atomic E-state index is 11.6. The molecule has 1 unspecified atom stereocenters. The minimum absolute atomic E-state index is 0.0106. The molecule has 0 bridgehead atoms. The van der Waals surface area contributed by atoms with Crippen LogP contribution in [-0.4, -0.2) is 38.4 Å². The second-order valence-electron chi connectivity index (χ2n) is 4.33. The van der Waals surface area contributed by atoms with Gasteiger partial charge in [0.25, 0.3) is 0 Å². The predicted octanol–water partition coefficient (Wildman–Crippen LogP) is 0.592. The number of ether oxygens (including phenoxy) is 1. The molecule has 94 valence electrons. The van der Waals surface area contributed by atoms with Crippen molar-refractivity contribution < 1.29 is 9.53 Å². The summed E-state index contributed by atoms with van der Waals surface area (Å²) in [6, 6.07) is 0.264. The smallest absolute Gasteiger partial charge is 0.315 e. The molecule has 16 heavy (non-hydrogen) atoms. The van der Waals surface area contributed by atoms with E-state index in [1.165, 1.54) is 12.8 Å². The zero-order valence-corrected chi connectivity index (χ0v) is 10.00. The maximum Gasteiger partial charge on any atom is 0.315 e. The molecule has 2 amide bonds. The standard InChI is InChI=1S/C11H23N3O2/c1-16-8-10(6-7-12)14-11(15)13-9-4-2-3-5-9/h9-10H,2-8,12H2,1H3,(H2,13,14,15). The summed E-state index contributed by atoms with van der Waals surface area (Å²) in [5.41, 5.74) is 5.47. The Hall–Kier alpha value is -0.810. The van der Waals surface area contributed by atoms with Gasteiger partial charge in [0.05, 0.1) is 12.6 Å². The highest BCUT2D eigenvalue weighted by atomic mass is 16.5. The topological polar surface area (TPSA) is 76.4 Å². The number of nitrogens with two attached hydrogens (primary N) is 1. The zero-order chi connectivity index (χ0) is 11.8. The first-order chi connectivity index (χ1) is 7.76. The molecule has 0 aliphatic heterocycles. The van der Waals surface area contributed by atoms with Crippen LogP contribution in [0.15, 0.2) is 0 Å². The number of carbonyl (C=O) groups excluding carboxylic acids is 1. The third kappa shape index (κ3) is 4.81. The van der Waals surface area contributed by atoms with Gasteiger partial charge < -0.3 is 21.1 Å². The van der Waals surface area contributed by atoms with Gasteiger partial charge in [-0.2, -0.15) is 0 Å². The van der Waals surface area contributed by atoms with Crippen molar-refractivity contribution in [2.45, 2.75) is 44.2 Å². The molecule has 1 atom stereocenters. The monoisotopic (exact) mass is 229 g/mol. The summed E-state index contributed by atoms with van der Waals surface area (Å²) in [5, 5.41) is 5.87. The molecule has 1 rings (SSSR count). The Morgan fingerprint density at radius 2 is 2.19 bits per heavy atom. The first-order valence-electron chi connectivity index (χ1n) is 6.02. The summed E-state index contributed by atoms with van der Waals surface area (Å²) in [7, 11) is 1.63. The molecule has 0 saturated heterocycles. The van der Waals surface area contributed by atoms with Gasteiger partial charge in [-0.05, 0) is 25.8 Å². The quantitative estimate of drug-likeness (QED) is 0.624. The van der Waals surface area contributed by atoms with Crippen LogP contribution in [0.3, 0.4) is 0 Å². The summed E-state index contributed by atoms with van der Waals surface area (Å²) >= 11 is 0. The number of nitrogens with one attached hydrogen (secondary N) is 2. The SMILES string of the molecule is COCC(CCN)NC(=O)NC1CCCC1. The number of hydrogen-bond donors (Lipinski definition) is 3. The number of carbonyl (C=O) groups is 1. The van der Waals surface area contributed by atoms with Crippen molar-refractivity contribution in [3.8, 4) is 0 Å². The van der Waals surface area contributed by atoms with Gasteiger partial charge in [0, 0.05) is 13.2 Å². The molecule has 1 aliphatic rings. The fourth-order valence-corrected chi connectivity index (χ4v) is 2.08. The first-order valence-corrected chi connectivity index (χ1v) is 6.02. The van der Waals surface area contributed by atoms with E-state index in [4.69, 9.17) is 10.5 Å². The van der Waals surface area contributed by atoms with Crippen molar-refractivity contribution in [1.29, 1.82) is 0 Å². The number of methoxy groups -OCH3 is 1. The minimum atomic E-state index is -0.0950. The van der Waals surface area contributed by atoms with E-state index in [2.05, 4.69) is 10.6 Å². The van der Waals surface area contributed by atoms with E-state index in [9.17, 15) is 4.79 Å². The number of amides is 2. The molecule has 1 fully saturated rings. The summed E-state index contributed by atoms with van der Waals surface area (Å²) in [6.07, 6.45) is 5.37. The third-order valence-electron chi connectivity index (χ3n) is 2.91. The molecule has 0 aromatic heterocycles. The highest BCUT2D eigenvalue weighted by Crippen LogP contribution is 2.17. The Morgan fingerprint density at radius 1 is 1.50 bits per heavy atom. The van der Waals surface area contributed by atoms with Crippen LogP contribution in [0, 0.1) is 0 Å². The minimum Gasteiger partial charge on any atom is -0.383 e. The molecule has 0 radical (unpaired) electrons. The summed E-state index contributed by atoms with van der Waals surface area (Å²) in [5.74, 6) is 0. The molecule has 5 heteroatoms. The van der Waals surface area contributed by atoms with E-state index < -0.39 is 0 Å². The summed E-state index contributed by atoms with van der Waals surface area (Å²) in [6.45, 7) is 1.06. The highest BCUT2D eigenvalue weighted by molar-refractivity contribution is 5.74. The lowest BCUT2D eigenvalue weighted by atomic mass is 10.2. The van der Waals surface area contributed by atoms with Crippen LogP contribution in [0.5, 0.6) is 0 Å². The van der Waals surface area contributed by atoms with Gasteiger partial charge in [0.1, 0.15) is 0 Å². The second kappa shape index (κ2) is 7.46. The molecule has 4 N–H and O–H groups in total. The van der Waals surface area contributed by atoms with Crippen molar-refractivity contribution in [2.75, 3.05) is 20.3 Å². The fraction of sp³-hybridized carbons (Fsp3) is 0.909. The van der Waals surface area contributed by atoms with E-state index in [0.29, 0.717) is 19.2 Å². The lowest BCUT2D eigenvalue weighted by Gasteiger charge is -2.19. The summed E-state index contributed by atoms with van der Waals surface area (Å²) < 4.78 is 5.03. The lowest BCUT2D eigenvalue weighted by Crippen LogP contribution is -2.47. The molecular formula is C11H23N3O2. The largest absolute Gasteiger partial charge is 0.383 e. The fourth-order valence-electron chi connectivity index (χ4n) is 2.08. The summed E-state index contributed by atoms with van der Waals surface area (Å²) in [4.78, 5) is 11.6. The normalized spacial score (nSPS) is 18.4. The molecule has 0 aromatic carbocycles. The van der Waals surface area contributed by atoms with Crippen LogP contribution in [0.2, 0.25) is 0 Å². The van der Waals surface area contributed by atoms with Crippen LogP contribution >= 0.6 is 0 Å². The van der Waals surface area contributed by atoms with E-state index >= 15 is 0 Å². The molecular weight excluding hydrogens is 206 g/mol. The van der Waals surface area contributed by atoms with Gasteiger partial charge in [-0.25, -0.2) is 4.79 Å².